The Kier molecular flexibility index (Phi) is 6.60. The van der Waals surface area contributed by atoms with E-state index in [0.29, 0.717) is 42.5 Å². The molecule has 7 nitrogen and oxygen atoms in total. The van der Waals surface area contributed by atoms with Crippen LogP contribution in [0.25, 0.3) is 0 Å². The number of benzene rings is 2. The summed E-state index contributed by atoms with van der Waals surface area (Å²) in [5.41, 5.74) is 0.619. The molecule has 28 heavy (non-hydrogen) atoms. The normalized spacial score (nSPS) is 16.4. The van der Waals surface area contributed by atoms with E-state index in [1.54, 1.807) is 62.6 Å². The number of hydrogen-bond donors (Lipinski definition) is 0. The fourth-order valence-electron chi connectivity index (χ4n) is 3.06. The highest BCUT2D eigenvalue weighted by molar-refractivity contribution is 5.94. The number of methoxy groups -OCH3 is 3. The van der Waals surface area contributed by atoms with Gasteiger partial charge in [-0.1, -0.05) is 6.07 Å². The van der Waals surface area contributed by atoms with Crippen molar-refractivity contribution in [1.29, 1.82) is 0 Å². The molecule has 1 fully saturated rings. The number of rotatable bonds is 7. The number of carbonyl (C=O) groups excluding carboxylic acids is 1. The van der Waals surface area contributed by atoms with Gasteiger partial charge in [-0.05, 0) is 36.4 Å². The molecule has 1 aliphatic rings. The van der Waals surface area contributed by atoms with Gasteiger partial charge in [0.15, 0.2) is 11.5 Å². The molecule has 1 aliphatic heterocycles. The zero-order chi connectivity index (χ0) is 19.9. The molecule has 0 aromatic heterocycles. The van der Waals surface area contributed by atoms with Gasteiger partial charge in [-0.25, -0.2) is 0 Å². The summed E-state index contributed by atoms with van der Waals surface area (Å²) in [5, 5.41) is 0. The van der Waals surface area contributed by atoms with E-state index in [0.717, 1.165) is 5.75 Å². The Morgan fingerprint density at radius 1 is 1.04 bits per heavy atom. The smallest absolute Gasteiger partial charge is 0.254 e. The lowest BCUT2D eigenvalue weighted by Gasteiger charge is -2.33. The van der Waals surface area contributed by atoms with Gasteiger partial charge in [-0.3, -0.25) is 4.79 Å². The van der Waals surface area contributed by atoms with E-state index in [9.17, 15) is 4.79 Å². The lowest BCUT2D eigenvalue weighted by atomic mass is 10.1. The Balaban J connectivity index is 1.63. The van der Waals surface area contributed by atoms with Crippen LogP contribution >= 0.6 is 0 Å². The van der Waals surface area contributed by atoms with Gasteiger partial charge in [-0.2, -0.15) is 0 Å². The van der Waals surface area contributed by atoms with E-state index in [2.05, 4.69) is 0 Å². The SMILES string of the molecule is COc1ccc(C(=O)N2CCOC(COc3c(OC)cccc3OC)C2)cc1. The van der Waals surface area contributed by atoms with Gasteiger partial charge in [-0.15, -0.1) is 0 Å². The standard InChI is InChI=1S/C21H25NO6/c1-24-16-9-7-15(8-10-16)21(23)22-11-12-27-17(13-22)14-28-20-18(25-2)5-4-6-19(20)26-3/h4-10,17H,11-14H2,1-3H3. The highest BCUT2D eigenvalue weighted by Gasteiger charge is 2.26. The third kappa shape index (κ3) is 4.48. The van der Waals surface area contributed by atoms with Gasteiger partial charge in [0.1, 0.15) is 18.5 Å². The molecule has 2 aromatic carbocycles. The molecule has 1 amide bonds. The summed E-state index contributed by atoms with van der Waals surface area (Å²) in [5.74, 6) is 2.37. The third-order valence-electron chi connectivity index (χ3n) is 4.56. The Hall–Kier alpha value is -2.93. The average molecular weight is 387 g/mol. The molecule has 0 aliphatic carbocycles. The zero-order valence-electron chi connectivity index (χ0n) is 16.3. The second-order valence-corrected chi connectivity index (χ2v) is 6.28. The number of nitrogens with zero attached hydrogens (tertiary/aromatic N) is 1. The summed E-state index contributed by atoms with van der Waals surface area (Å²) in [6, 6.07) is 12.5. The average Bonchev–Trinajstić information content (AvgIpc) is 2.77. The van der Waals surface area contributed by atoms with Gasteiger partial charge in [0.25, 0.3) is 5.91 Å². The molecular weight excluding hydrogens is 362 g/mol. The number of hydrogen-bond acceptors (Lipinski definition) is 6. The molecular formula is C21H25NO6. The molecule has 1 atom stereocenters. The van der Waals surface area contributed by atoms with Crippen molar-refractivity contribution in [2.24, 2.45) is 0 Å². The topological polar surface area (TPSA) is 66.5 Å². The van der Waals surface area contributed by atoms with E-state index < -0.39 is 0 Å². The maximum absolute atomic E-state index is 12.8. The second kappa shape index (κ2) is 9.32. The molecule has 0 radical (unpaired) electrons. The molecule has 1 saturated heterocycles. The van der Waals surface area contributed by atoms with Crippen LogP contribution in [-0.4, -0.2) is 64.5 Å². The third-order valence-corrected chi connectivity index (χ3v) is 4.56. The van der Waals surface area contributed by atoms with Crippen LogP contribution in [0.1, 0.15) is 10.4 Å². The molecule has 2 aromatic rings. The summed E-state index contributed by atoms with van der Waals surface area (Å²) in [7, 11) is 4.75. The monoisotopic (exact) mass is 387 g/mol. The number of ether oxygens (including phenoxy) is 5. The van der Waals surface area contributed by atoms with Crippen molar-refractivity contribution in [3.05, 3.63) is 48.0 Å². The summed E-state index contributed by atoms with van der Waals surface area (Å²) >= 11 is 0. The molecule has 0 N–H and O–H groups in total. The van der Waals surface area contributed by atoms with Crippen LogP contribution in [0.2, 0.25) is 0 Å². The van der Waals surface area contributed by atoms with Gasteiger partial charge in [0.05, 0.1) is 34.5 Å². The summed E-state index contributed by atoms with van der Waals surface area (Å²) in [6.45, 7) is 1.73. The van der Waals surface area contributed by atoms with E-state index in [1.165, 1.54) is 0 Å². The maximum Gasteiger partial charge on any atom is 0.254 e. The number of amides is 1. The highest BCUT2D eigenvalue weighted by atomic mass is 16.6. The Labute approximate surface area is 164 Å². The molecule has 0 spiro atoms. The lowest BCUT2D eigenvalue weighted by molar-refractivity contribution is -0.0406. The number of para-hydroxylation sites is 1. The summed E-state index contributed by atoms with van der Waals surface area (Å²) < 4.78 is 27.5. The highest BCUT2D eigenvalue weighted by Crippen LogP contribution is 2.36. The van der Waals surface area contributed by atoms with Gasteiger partial charge < -0.3 is 28.6 Å². The minimum absolute atomic E-state index is 0.0363. The second-order valence-electron chi connectivity index (χ2n) is 6.28. The Bertz CT molecular complexity index is 770. The largest absolute Gasteiger partial charge is 0.497 e. The molecule has 1 heterocycles. The molecule has 0 bridgehead atoms. The minimum Gasteiger partial charge on any atom is -0.497 e. The van der Waals surface area contributed by atoms with Gasteiger partial charge in [0.2, 0.25) is 5.75 Å². The van der Waals surface area contributed by atoms with Crippen molar-refractivity contribution in [3.8, 4) is 23.0 Å². The van der Waals surface area contributed by atoms with Crippen molar-refractivity contribution < 1.29 is 28.5 Å². The fraction of sp³-hybridized carbons (Fsp3) is 0.381. The van der Waals surface area contributed by atoms with E-state index in [4.69, 9.17) is 23.7 Å². The first-order valence-electron chi connectivity index (χ1n) is 9.05. The van der Waals surface area contributed by atoms with Gasteiger partial charge >= 0.3 is 0 Å². The quantitative estimate of drug-likeness (QED) is 0.728. The molecule has 0 saturated carbocycles. The predicted molar refractivity (Wildman–Crippen MR) is 104 cm³/mol. The molecule has 7 heteroatoms. The van der Waals surface area contributed by atoms with Crippen LogP contribution in [-0.2, 0) is 4.74 Å². The number of morpholine rings is 1. The van der Waals surface area contributed by atoms with Crippen LogP contribution in [0.3, 0.4) is 0 Å². The van der Waals surface area contributed by atoms with Gasteiger partial charge in [0, 0.05) is 12.1 Å². The predicted octanol–water partition coefficient (Wildman–Crippen LogP) is 2.63. The van der Waals surface area contributed by atoms with E-state index in [1.807, 2.05) is 6.07 Å². The molecule has 3 rings (SSSR count). The van der Waals surface area contributed by atoms with E-state index in [-0.39, 0.29) is 18.6 Å². The van der Waals surface area contributed by atoms with Crippen molar-refractivity contribution in [1.82, 2.24) is 4.90 Å². The number of carbonyl (C=O) groups is 1. The summed E-state index contributed by atoms with van der Waals surface area (Å²) in [6.07, 6.45) is -0.245. The van der Waals surface area contributed by atoms with Crippen LogP contribution in [0, 0.1) is 0 Å². The van der Waals surface area contributed by atoms with Crippen molar-refractivity contribution in [2.75, 3.05) is 47.6 Å². The Morgan fingerprint density at radius 2 is 1.71 bits per heavy atom. The fourth-order valence-corrected chi connectivity index (χ4v) is 3.06. The first kappa shape index (κ1) is 19.8. The molecule has 150 valence electrons. The van der Waals surface area contributed by atoms with E-state index >= 15 is 0 Å². The van der Waals surface area contributed by atoms with Crippen LogP contribution < -0.4 is 18.9 Å². The zero-order valence-corrected chi connectivity index (χ0v) is 16.3. The van der Waals surface area contributed by atoms with Crippen molar-refractivity contribution in [2.45, 2.75) is 6.10 Å². The maximum atomic E-state index is 12.8. The van der Waals surface area contributed by atoms with Crippen LogP contribution in [0.15, 0.2) is 42.5 Å². The summed E-state index contributed by atoms with van der Waals surface area (Å²) in [4.78, 5) is 14.5. The first-order chi connectivity index (χ1) is 13.7. The van der Waals surface area contributed by atoms with Crippen molar-refractivity contribution >= 4 is 5.91 Å². The molecule has 1 unspecified atom stereocenters. The van der Waals surface area contributed by atoms with Crippen molar-refractivity contribution in [3.63, 3.8) is 0 Å². The van der Waals surface area contributed by atoms with Crippen LogP contribution in [0.4, 0.5) is 0 Å². The Morgan fingerprint density at radius 3 is 2.32 bits per heavy atom. The lowest BCUT2D eigenvalue weighted by Crippen LogP contribution is -2.47. The first-order valence-corrected chi connectivity index (χ1v) is 9.05. The van der Waals surface area contributed by atoms with Crippen LogP contribution in [0.5, 0.6) is 23.0 Å². The minimum atomic E-state index is -0.245.